The molecule has 2 N–H and O–H groups in total. The van der Waals surface area contributed by atoms with Crippen molar-refractivity contribution in [1.29, 1.82) is 0 Å². The maximum atomic E-state index is 13.7. The number of benzene rings is 1. The maximum Gasteiger partial charge on any atom is 0.333 e. The van der Waals surface area contributed by atoms with Crippen molar-refractivity contribution in [2.24, 2.45) is 11.3 Å². The largest absolute Gasteiger partial charge is 0.350 e. The number of aromatic nitrogens is 3. The summed E-state index contributed by atoms with van der Waals surface area (Å²) in [6.45, 7) is -0.187. The molecule has 6 rings (SSSR count). The predicted molar refractivity (Wildman–Crippen MR) is 147 cm³/mol. The number of hydrogen-bond acceptors (Lipinski definition) is 7. The third-order valence-electron chi connectivity index (χ3n) is 7.96. The van der Waals surface area contributed by atoms with Crippen molar-refractivity contribution in [2.75, 3.05) is 19.6 Å². The molecule has 1 unspecified atom stereocenters. The summed E-state index contributed by atoms with van der Waals surface area (Å²) in [7, 11) is 0. The van der Waals surface area contributed by atoms with E-state index in [4.69, 9.17) is 11.6 Å². The van der Waals surface area contributed by atoms with Gasteiger partial charge >= 0.3 is 6.55 Å². The average Bonchev–Trinajstić information content (AvgIpc) is 3.30. The lowest BCUT2D eigenvalue weighted by molar-refractivity contribution is -0.145. The number of hydrazine groups is 1. The van der Waals surface area contributed by atoms with Crippen LogP contribution in [0.15, 0.2) is 36.7 Å². The first-order chi connectivity index (χ1) is 20.1. The van der Waals surface area contributed by atoms with Gasteiger partial charge in [0.2, 0.25) is 5.91 Å². The Kier molecular flexibility index (Phi) is 7.21. The van der Waals surface area contributed by atoms with Crippen molar-refractivity contribution in [1.82, 2.24) is 35.4 Å². The number of carbonyl (C=O) groups excluding carboxylic acids is 4. The quantitative estimate of drug-likeness (QED) is 0.397. The van der Waals surface area contributed by atoms with Gasteiger partial charge in [-0.1, -0.05) is 36.7 Å². The Balaban J connectivity index is 1.15. The smallest absolute Gasteiger partial charge is 0.333 e. The molecule has 11 nitrogen and oxygen atoms in total. The SMILES string of the molecule is CCC(CNC(=O)c1sc(-c2cnn(C(F)F)c2)nc1Cl)C(=O)N[C@@H]1C(=O)N2CC3(CC3)CN2C(=O)c2ccccc21. The standard InChI is InChI=1S/C27H26ClF2N7O4S/c1-2-14(9-31-22(39)19-20(28)34-23(42-19)15-10-32-35(11-15)26(29)30)21(38)33-18-16-5-3-4-6-17(16)24(40)36-12-27(7-8-27)13-37(36)25(18)41/h3-6,10-11,14,18,26H,2,7-9,12-13H2,1H3,(H,31,39)(H,33,38)/t14?,18-/m0/s1. The maximum absolute atomic E-state index is 13.7. The molecule has 1 aromatic carbocycles. The van der Waals surface area contributed by atoms with Crippen LogP contribution in [-0.2, 0) is 9.59 Å². The van der Waals surface area contributed by atoms with Gasteiger partial charge in [0.25, 0.3) is 17.7 Å². The molecular weight excluding hydrogens is 592 g/mol. The van der Waals surface area contributed by atoms with Gasteiger partial charge in [0.1, 0.15) is 15.9 Å². The van der Waals surface area contributed by atoms with Crippen LogP contribution in [-0.4, -0.2) is 68.0 Å². The molecule has 3 aromatic rings. The lowest BCUT2D eigenvalue weighted by Gasteiger charge is -2.28. The number of hydrogen-bond donors (Lipinski definition) is 2. The summed E-state index contributed by atoms with van der Waals surface area (Å²) in [5.74, 6) is -2.37. The van der Waals surface area contributed by atoms with E-state index in [0.29, 0.717) is 35.3 Å². The highest BCUT2D eigenvalue weighted by Gasteiger charge is 2.56. The molecule has 15 heteroatoms. The lowest BCUT2D eigenvalue weighted by Crippen LogP contribution is -2.48. The van der Waals surface area contributed by atoms with Gasteiger partial charge < -0.3 is 10.6 Å². The first-order valence-corrected chi connectivity index (χ1v) is 14.6. The van der Waals surface area contributed by atoms with Crippen molar-refractivity contribution in [3.63, 3.8) is 0 Å². The van der Waals surface area contributed by atoms with Crippen LogP contribution in [0.2, 0.25) is 5.15 Å². The zero-order valence-corrected chi connectivity index (χ0v) is 23.9. The molecule has 2 aliphatic heterocycles. The second kappa shape index (κ2) is 10.7. The zero-order chi connectivity index (χ0) is 29.8. The van der Waals surface area contributed by atoms with E-state index in [1.807, 2.05) is 0 Å². The van der Waals surface area contributed by atoms with Crippen molar-refractivity contribution in [3.8, 4) is 10.6 Å². The van der Waals surface area contributed by atoms with Crippen LogP contribution in [0.1, 0.15) is 64.4 Å². The Bertz CT molecular complexity index is 1590. The molecule has 1 saturated heterocycles. The van der Waals surface area contributed by atoms with Crippen molar-refractivity contribution >= 4 is 46.6 Å². The molecular formula is C27H26ClF2N7O4S. The van der Waals surface area contributed by atoms with E-state index in [2.05, 4.69) is 20.7 Å². The van der Waals surface area contributed by atoms with Crippen LogP contribution in [0.5, 0.6) is 0 Å². The Morgan fingerprint density at radius 2 is 1.93 bits per heavy atom. The number of fused-ring (bicyclic) bond motifs is 2. The molecule has 4 amide bonds. The van der Waals surface area contributed by atoms with Crippen LogP contribution in [0.3, 0.4) is 0 Å². The first kappa shape index (κ1) is 28.2. The number of thiazole rings is 1. The van der Waals surface area contributed by atoms with E-state index in [1.165, 1.54) is 16.2 Å². The van der Waals surface area contributed by atoms with Gasteiger partial charge in [-0.15, -0.1) is 11.3 Å². The normalized spacial score (nSPS) is 19.5. The van der Waals surface area contributed by atoms with Gasteiger partial charge in [-0.25, -0.2) is 19.7 Å². The Hall–Kier alpha value is -3.91. The van der Waals surface area contributed by atoms with Gasteiger partial charge in [-0.2, -0.15) is 13.9 Å². The molecule has 0 bridgehead atoms. The van der Waals surface area contributed by atoms with Crippen LogP contribution < -0.4 is 10.6 Å². The summed E-state index contributed by atoms with van der Waals surface area (Å²) >= 11 is 7.08. The first-order valence-electron chi connectivity index (χ1n) is 13.4. The molecule has 2 aromatic heterocycles. The molecule has 42 heavy (non-hydrogen) atoms. The molecule has 4 heterocycles. The molecule has 0 radical (unpaired) electrons. The minimum Gasteiger partial charge on any atom is -0.350 e. The highest BCUT2D eigenvalue weighted by molar-refractivity contribution is 7.17. The second-order valence-electron chi connectivity index (χ2n) is 10.7. The summed E-state index contributed by atoms with van der Waals surface area (Å²) in [5, 5.41) is 12.2. The summed E-state index contributed by atoms with van der Waals surface area (Å²) < 4.78 is 26.2. The Morgan fingerprint density at radius 3 is 2.62 bits per heavy atom. The van der Waals surface area contributed by atoms with Crippen LogP contribution in [0.25, 0.3) is 10.6 Å². The summed E-state index contributed by atoms with van der Waals surface area (Å²) in [6.07, 6.45) is 4.54. The van der Waals surface area contributed by atoms with Gasteiger partial charge in [-0.05, 0) is 30.9 Å². The number of halogens is 3. The van der Waals surface area contributed by atoms with Gasteiger partial charge in [0.05, 0.1) is 25.2 Å². The molecule has 2 atom stereocenters. The van der Waals surface area contributed by atoms with E-state index < -0.39 is 30.3 Å². The van der Waals surface area contributed by atoms with Crippen LogP contribution in [0.4, 0.5) is 8.78 Å². The van der Waals surface area contributed by atoms with Crippen LogP contribution >= 0.6 is 22.9 Å². The topological polar surface area (TPSA) is 130 Å². The van der Waals surface area contributed by atoms with E-state index in [-0.39, 0.29) is 44.4 Å². The number of nitrogens with zero attached hydrogens (tertiary/aromatic N) is 5. The van der Waals surface area contributed by atoms with Gasteiger partial charge in [-0.3, -0.25) is 19.2 Å². The highest BCUT2D eigenvalue weighted by Crippen LogP contribution is 2.52. The summed E-state index contributed by atoms with van der Waals surface area (Å²) in [4.78, 5) is 57.6. The Labute approximate surface area is 247 Å². The molecule has 1 spiro atoms. The number of carbonyl (C=O) groups is 4. The molecule has 2 fully saturated rings. The van der Waals surface area contributed by atoms with Crippen molar-refractivity contribution < 1.29 is 28.0 Å². The van der Waals surface area contributed by atoms with E-state index >= 15 is 0 Å². The molecule has 1 aliphatic carbocycles. The van der Waals surface area contributed by atoms with Gasteiger partial charge in [0.15, 0.2) is 5.15 Å². The third-order valence-corrected chi connectivity index (χ3v) is 9.45. The molecule has 1 saturated carbocycles. The summed E-state index contributed by atoms with van der Waals surface area (Å²) in [5.41, 5.74) is 1.01. The molecule has 3 aliphatic rings. The average molecular weight is 618 g/mol. The minimum absolute atomic E-state index is 0.0567. The predicted octanol–water partition coefficient (Wildman–Crippen LogP) is 3.66. The summed E-state index contributed by atoms with van der Waals surface area (Å²) in [6, 6.07) is 5.71. The third kappa shape index (κ3) is 5.02. The number of amides is 4. The highest BCUT2D eigenvalue weighted by atomic mass is 35.5. The van der Waals surface area contributed by atoms with Gasteiger partial charge in [0, 0.05) is 29.3 Å². The van der Waals surface area contributed by atoms with E-state index in [1.54, 1.807) is 31.2 Å². The number of nitrogens with one attached hydrogen (secondary N) is 2. The van der Waals surface area contributed by atoms with Crippen molar-refractivity contribution in [2.45, 2.75) is 38.8 Å². The number of rotatable bonds is 8. The van der Waals surface area contributed by atoms with Crippen molar-refractivity contribution in [3.05, 3.63) is 57.8 Å². The van der Waals surface area contributed by atoms with Crippen LogP contribution in [0, 0.1) is 11.3 Å². The zero-order valence-electron chi connectivity index (χ0n) is 22.3. The Morgan fingerprint density at radius 1 is 1.19 bits per heavy atom. The van der Waals surface area contributed by atoms with E-state index in [9.17, 15) is 28.0 Å². The second-order valence-corrected chi connectivity index (χ2v) is 12.1. The lowest BCUT2D eigenvalue weighted by atomic mass is 9.97. The minimum atomic E-state index is -2.82. The number of alkyl halides is 2. The monoisotopic (exact) mass is 617 g/mol. The molecule has 220 valence electrons. The van der Waals surface area contributed by atoms with E-state index in [0.717, 1.165) is 30.4 Å². The fraction of sp³-hybridized carbons (Fsp3) is 0.407. The fourth-order valence-electron chi connectivity index (χ4n) is 5.33. The fourth-order valence-corrected chi connectivity index (χ4v) is 6.51.